The van der Waals surface area contributed by atoms with E-state index in [1.165, 1.54) is 19.2 Å². The molecule has 5 heterocycles. The monoisotopic (exact) mass is 507 g/mol. The summed E-state index contributed by atoms with van der Waals surface area (Å²) in [7, 11) is 1.50. The second-order valence-electron chi connectivity index (χ2n) is 8.71. The molecule has 6 aromatic rings. The van der Waals surface area contributed by atoms with Crippen LogP contribution in [-0.2, 0) is 4.79 Å². The lowest BCUT2D eigenvalue weighted by Crippen LogP contribution is -2.09. The van der Waals surface area contributed by atoms with E-state index in [-0.39, 0.29) is 5.91 Å². The molecule has 0 atom stereocenters. The molecule has 10 heteroatoms. The molecule has 0 saturated carbocycles. The van der Waals surface area contributed by atoms with Crippen LogP contribution in [0.3, 0.4) is 0 Å². The fraction of sp³-hybridized carbons (Fsp3) is 0.107. The predicted molar refractivity (Wildman–Crippen MR) is 143 cm³/mol. The number of carbonyl (C=O) groups is 1. The first kappa shape index (κ1) is 23.3. The fourth-order valence-corrected chi connectivity index (χ4v) is 4.37. The van der Waals surface area contributed by atoms with Crippen molar-refractivity contribution in [1.29, 1.82) is 0 Å². The lowest BCUT2D eigenvalue weighted by Gasteiger charge is -2.06. The van der Waals surface area contributed by atoms with E-state index >= 15 is 0 Å². The lowest BCUT2D eigenvalue weighted by molar-refractivity contribution is -0.115. The number of pyridine rings is 3. The van der Waals surface area contributed by atoms with Gasteiger partial charge in [-0.15, -0.1) is 0 Å². The normalized spacial score (nSPS) is 11.2. The summed E-state index contributed by atoms with van der Waals surface area (Å²) in [6.45, 7) is 1.79. The van der Waals surface area contributed by atoms with E-state index < -0.39 is 5.82 Å². The highest BCUT2D eigenvalue weighted by Crippen LogP contribution is 2.34. The molecule has 0 aliphatic rings. The Labute approximate surface area is 216 Å². The van der Waals surface area contributed by atoms with Crippen LogP contribution in [0.5, 0.6) is 5.75 Å². The topological polar surface area (TPSA) is 121 Å². The van der Waals surface area contributed by atoms with Gasteiger partial charge in [0.25, 0.3) is 0 Å². The number of rotatable bonds is 6. The van der Waals surface area contributed by atoms with Gasteiger partial charge in [-0.25, -0.2) is 9.37 Å². The standard InChI is InChI=1S/C28H22FN7O2/c1-3-25(37)32-18-9-16(13-30-14-18)21-4-5-23-27(34-21)28(36-35-23)24-12-20-22(33-24)6-7-31-26(20)15-8-17(29)11-19(10-15)38-2/h4-14,33H,3H2,1-2H3,(H,32,37)(H,35,36). The first-order valence-electron chi connectivity index (χ1n) is 12.0. The Balaban J connectivity index is 1.43. The summed E-state index contributed by atoms with van der Waals surface area (Å²) in [5, 5.41) is 11.2. The molecule has 38 heavy (non-hydrogen) atoms. The zero-order chi connectivity index (χ0) is 26.2. The van der Waals surface area contributed by atoms with E-state index in [2.05, 4.69) is 30.5 Å². The summed E-state index contributed by atoms with van der Waals surface area (Å²) in [4.78, 5) is 28.8. The maximum Gasteiger partial charge on any atom is 0.224 e. The largest absolute Gasteiger partial charge is 0.497 e. The average Bonchev–Trinajstić information content (AvgIpc) is 3.56. The molecule has 6 rings (SSSR count). The van der Waals surface area contributed by atoms with Crippen molar-refractivity contribution in [3.05, 3.63) is 72.9 Å². The molecule has 0 radical (unpaired) electrons. The second-order valence-corrected chi connectivity index (χ2v) is 8.71. The number of H-pyrrole nitrogens is 2. The van der Waals surface area contributed by atoms with Crippen LogP contribution in [0, 0.1) is 5.82 Å². The number of hydrogen-bond acceptors (Lipinski definition) is 6. The van der Waals surface area contributed by atoms with E-state index in [9.17, 15) is 9.18 Å². The smallest absolute Gasteiger partial charge is 0.224 e. The van der Waals surface area contributed by atoms with Crippen LogP contribution in [0.1, 0.15) is 13.3 Å². The van der Waals surface area contributed by atoms with Gasteiger partial charge in [0.05, 0.1) is 41.6 Å². The van der Waals surface area contributed by atoms with Gasteiger partial charge >= 0.3 is 0 Å². The molecule has 188 valence electrons. The zero-order valence-corrected chi connectivity index (χ0v) is 20.5. The molecule has 1 aromatic carbocycles. The summed E-state index contributed by atoms with van der Waals surface area (Å²) in [6.07, 6.45) is 5.35. The number of hydrogen-bond donors (Lipinski definition) is 3. The number of benzene rings is 1. The van der Waals surface area contributed by atoms with E-state index in [0.29, 0.717) is 46.0 Å². The minimum absolute atomic E-state index is 0.0890. The van der Waals surface area contributed by atoms with Crippen molar-refractivity contribution in [1.82, 2.24) is 30.1 Å². The van der Waals surface area contributed by atoms with Gasteiger partial charge in [-0.05, 0) is 42.5 Å². The third-order valence-electron chi connectivity index (χ3n) is 6.23. The highest BCUT2D eigenvalue weighted by molar-refractivity contribution is 5.99. The average molecular weight is 508 g/mol. The van der Waals surface area contributed by atoms with Gasteiger partial charge in [-0.3, -0.25) is 19.9 Å². The van der Waals surface area contributed by atoms with Crippen LogP contribution in [0.2, 0.25) is 0 Å². The van der Waals surface area contributed by atoms with Gasteiger partial charge in [0.1, 0.15) is 22.8 Å². The van der Waals surface area contributed by atoms with Gasteiger partial charge < -0.3 is 15.0 Å². The molecule has 0 saturated heterocycles. The van der Waals surface area contributed by atoms with E-state index in [1.807, 2.05) is 30.3 Å². The number of halogens is 1. The highest BCUT2D eigenvalue weighted by Gasteiger charge is 2.17. The molecular weight excluding hydrogens is 485 g/mol. The number of carbonyl (C=O) groups excluding carboxylic acids is 1. The van der Waals surface area contributed by atoms with Crippen LogP contribution in [0.25, 0.3) is 55.8 Å². The van der Waals surface area contributed by atoms with Crippen LogP contribution in [0.4, 0.5) is 10.1 Å². The molecule has 9 nitrogen and oxygen atoms in total. The first-order chi connectivity index (χ1) is 18.5. The van der Waals surface area contributed by atoms with Crippen LogP contribution in [-0.4, -0.2) is 43.2 Å². The lowest BCUT2D eigenvalue weighted by atomic mass is 10.1. The summed E-state index contributed by atoms with van der Waals surface area (Å²) in [6, 6.07) is 13.9. The van der Waals surface area contributed by atoms with Crippen molar-refractivity contribution in [2.24, 2.45) is 0 Å². The van der Waals surface area contributed by atoms with Gasteiger partial charge in [-0.1, -0.05) is 6.92 Å². The van der Waals surface area contributed by atoms with Gasteiger partial charge in [0.15, 0.2) is 0 Å². The minimum atomic E-state index is -0.406. The van der Waals surface area contributed by atoms with Crippen molar-refractivity contribution < 1.29 is 13.9 Å². The molecule has 0 bridgehead atoms. The third-order valence-corrected chi connectivity index (χ3v) is 6.23. The summed E-state index contributed by atoms with van der Waals surface area (Å²) in [5.74, 6) is -0.0806. The van der Waals surface area contributed by atoms with Crippen molar-refractivity contribution in [2.45, 2.75) is 13.3 Å². The Hall–Kier alpha value is -5.12. The molecule has 0 spiro atoms. The molecule has 0 aliphatic heterocycles. The maximum atomic E-state index is 14.2. The van der Waals surface area contributed by atoms with Gasteiger partial charge in [0.2, 0.25) is 5.91 Å². The Morgan fingerprint density at radius 1 is 1.03 bits per heavy atom. The fourth-order valence-electron chi connectivity index (χ4n) is 4.37. The Morgan fingerprint density at radius 2 is 1.92 bits per heavy atom. The van der Waals surface area contributed by atoms with Crippen molar-refractivity contribution in [3.8, 4) is 39.7 Å². The number of aromatic nitrogens is 6. The zero-order valence-electron chi connectivity index (χ0n) is 20.5. The van der Waals surface area contributed by atoms with Crippen molar-refractivity contribution >= 4 is 33.5 Å². The number of ether oxygens (including phenoxy) is 1. The quantitative estimate of drug-likeness (QED) is 0.265. The molecular formula is C28H22FN7O2. The molecule has 5 aromatic heterocycles. The number of nitrogens with one attached hydrogen (secondary N) is 3. The number of nitrogens with zero attached hydrogens (tertiary/aromatic N) is 4. The van der Waals surface area contributed by atoms with E-state index in [0.717, 1.165) is 27.7 Å². The Kier molecular flexibility index (Phi) is 5.76. The van der Waals surface area contributed by atoms with Crippen LogP contribution < -0.4 is 10.1 Å². The molecule has 0 unspecified atom stereocenters. The maximum absolute atomic E-state index is 14.2. The molecule has 3 N–H and O–H groups in total. The van der Waals surface area contributed by atoms with E-state index in [4.69, 9.17) is 9.72 Å². The van der Waals surface area contributed by atoms with Crippen molar-refractivity contribution in [3.63, 3.8) is 0 Å². The minimum Gasteiger partial charge on any atom is -0.497 e. The molecule has 1 amide bonds. The third kappa shape index (κ3) is 4.21. The van der Waals surface area contributed by atoms with E-state index in [1.54, 1.807) is 31.6 Å². The number of aromatic amines is 2. The number of amides is 1. The summed E-state index contributed by atoms with van der Waals surface area (Å²) >= 11 is 0. The highest BCUT2D eigenvalue weighted by atomic mass is 19.1. The second kappa shape index (κ2) is 9.40. The number of methoxy groups -OCH3 is 1. The Morgan fingerprint density at radius 3 is 2.76 bits per heavy atom. The first-order valence-corrected chi connectivity index (χ1v) is 12.0. The summed E-state index contributed by atoms with van der Waals surface area (Å²) < 4.78 is 19.5. The van der Waals surface area contributed by atoms with Crippen LogP contribution >= 0.6 is 0 Å². The SMILES string of the molecule is CCC(=O)Nc1cncc(-c2ccc3[nH]nc(-c4cc5c(-c6cc(F)cc(OC)c6)nccc5[nH]4)c3n2)c1. The van der Waals surface area contributed by atoms with Gasteiger partial charge in [-0.2, -0.15) is 5.10 Å². The van der Waals surface area contributed by atoms with Gasteiger partial charge in [0, 0.05) is 46.9 Å². The number of anilines is 1. The molecule has 0 aliphatic carbocycles. The predicted octanol–water partition coefficient (Wildman–Crippen LogP) is 5.73. The Bertz CT molecular complexity index is 1830. The van der Waals surface area contributed by atoms with Crippen molar-refractivity contribution in [2.75, 3.05) is 12.4 Å². The summed E-state index contributed by atoms with van der Waals surface area (Å²) in [5.41, 5.74) is 6.89. The van der Waals surface area contributed by atoms with Crippen LogP contribution in [0.15, 0.2) is 67.1 Å². The number of fused-ring (bicyclic) bond motifs is 2. The molecule has 0 fully saturated rings.